The summed E-state index contributed by atoms with van der Waals surface area (Å²) in [5.74, 6) is -2.83. The first-order chi connectivity index (χ1) is 16.3. The molecule has 2 N–H and O–H groups in total. The molecule has 1 aliphatic rings. The first kappa shape index (κ1) is 23.1. The molecular weight excluding hydrogens is 434 g/mol. The van der Waals surface area contributed by atoms with Gasteiger partial charge in [-0.25, -0.2) is 4.79 Å². The quantitative estimate of drug-likeness (QED) is 0.561. The normalized spacial score (nSPS) is 13.3. The van der Waals surface area contributed by atoms with Gasteiger partial charge in [-0.05, 0) is 43.4 Å². The van der Waals surface area contributed by atoms with E-state index in [-0.39, 0.29) is 18.4 Å². The maximum Gasteiger partial charge on any atom is 0.341 e. The Kier molecular flexibility index (Phi) is 6.40. The van der Waals surface area contributed by atoms with Gasteiger partial charge in [0.05, 0.1) is 6.54 Å². The third-order valence-corrected chi connectivity index (χ3v) is 6.10. The van der Waals surface area contributed by atoms with Gasteiger partial charge >= 0.3 is 5.97 Å². The fraction of sp³-hybridized carbons (Fsp3) is 0.269. The van der Waals surface area contributed by atoms with E-state index in [1.165, 1.54) is 10.2 Å². The molecule has 0 saturated heterocycles. The minimum absolute atomic E-state index is 0.178. The van der Waals surface area contributed by atoms with Crippen LogP contribution in [0.15, 0.2) is 65.6 Å². The third-order valence-electron chi connectivity index (χ3n) is 6.10. The van der Waals surface area contributed by atoms with E-state index in [1.54, 1.807) is 9.91 Å². The van der Waals surface area contributed by atoms with Gasteiger partial charge in [-0.1, -0.05) is 54.6 Å². The summed E-state index contributed by atoms with van der Waals surface area (Å²) in [4.78, 5) is 38.6. The molecule has 0 aliphatic carbocycles. The van der Waals surface area contributed by atoms with Crippen LogP contribution in [0.5, 0.6) is 5.75 Å². The molecule has 0 spiro atoms. The predicted octanol–water partition coefficient (Wildman–Crippen LogP) is 3.00. The fourth-order valence-electron chi connectivity index (χ4n) is 4.21. The van der Waals surface area contributed by atoms with Crippen molar-refractivity contribution in [3.8, 4) is 5.75 Å². The molecule has 1 aliphatic heterocycles. The summed E-state index contributed by atoms with van der Waals surface area (Å²) in [5, 5.41) is 21.7. The average Bonchev–Trinajstić information content (AvgIpc) is 2.82. The summed E-state index contributed by atoms with van der Waals surface area (Å²) < 4.78 is 1.31. The number of aryl methyl sites for hydroxylation is 2. The molecule has 0 fully saturated rings. The van der Waals surface area contributed by atoms with Crippen LogP contribution in [0.1, 0.15) is 51.4 Å². The summed E-state index contributed by atoms with van der Waals surface area (Å²) >= 11 is 0. The molecule has 8 nitrogen and oxygen atoms in total. The lowest BCUT2D eigenvalue weighted by Gasteiger charge is -2.41. The highest BCUT2D eigenvalue weighted by atomic mass is 16.4. The largest absolute Gasteiger partial charge is 0.502 e. The zero-order valence-electron chi connectivity index (χ0n) is 19.1. The van der Waals surface area contributed by atoms with E-state index in [9.17, 15) is 24.6 Å². The molecule has 2 heterocycles. The molecule has 0 bridgehead atoms. The Bertz CT molecular complexity index is 1280. The van der Waals surface area contributed by atoms with Crippen molar-refractivity contribution < 1.29 is 19.8 Å². The van der Waals surface area contributed by atoms with Crippen LogP contribution in [0, 0.1) is 0 Å². The van der Waals surface area contributed by atoms with Crippen LogP contribution in [-0.4, -0.2) is 44.4 Å². The summed E-state index contributed by atoms with van der Waals surface area (Å²) in [6, 6.07) is 17.9. The lowest BCUT2D eigenvalue weighted by Crippen LogP contribution is -2.56. The second kappa shape index (κ2) is 9.43. The number of carbonyl (C=O) groups excluding carboxylic acids is 1. The van der Waals surface area contributed by atoms with E-state index in [0.717, 1.165) is 30.2 Å². The molecule has 34 heavy (non-hydrogen) atoms. The number of aromatic nitrogens is 1. The van der Waals surface area contributed by atoms with Crippen molar-refractivity contribution in [3.05, 3.63) is 99.0 Å². The second-order valence-corrected chi connectivity index (χ2v) is 8.65. The highest BCUT2D eigenvalue weighted by Gasteiger charge is 2.35. The average molecular weight is 462 g/mol. The first-order valence-corrected chi connectivity index (χ1v) is 11.2. The lowest BCUT2D eigenvalue weighted by atomic mass is 9.99. The monoisotopic (exact) mass is 461 g/mol. The number of pyridine rings is 1. The molecule has 0 unspecified atom stereocenters. The molecule has 0 radical (unpaired) electrons. The van der Waals surface area contributed by atoms with Gasteiger partial charge in [-0.2, -0.15) is 0 Å². The van der Waals surface area contributed by atoms with Crippen LogP contribution >= 0.6 is 0 Å². The Balaban J connectivity index is 1.73. The number of hydrogen-bond donors (Lipinski definition) is 2. The van der Waals surface area contributed by atoms with Gasteiger partial charge in [0, 0.05) is 12.2 Å². The summed E-state index contributed by atoms with van der Waals surface area (Å²) in [7, 11) is 0. The Morgan fingerprint density at radius 2 is 1.62 bits per heavy atom. The molecule has 176 valence electrons. The number of benzene rings is 2. The van der Waals surface area contributed by atoms with Gasteiger partial charge in [0.15, 0.2) is 11.4 Å². The minimum atomic E-state index is -1.46. The Labute approximate surface area is 197 Å². The van der Waals surface area contributed by atoms with E-state index < -0.39 is 28.6 Å². The van der Waals surface area contributed by atoms with Crippen molar-refractivity contribution in [1.82, 2.24) is 9.58 Å². The molecule has 2 aromatic carbocycles. The van der Waals surface area contributed by atoms with Crippen LogP contribution in [0.4, 0.5) is 0 Å². The predicted molar refractivity (Wildman–Crippen MR) is 128 cm³/mol. The van der Waals surface area contributed by atoms with Gasteiger partial charge < -0.3 is 15.1 Å². The number of amides is 1. The van der Waals surface area contributed by atoms with Gasteiger partial charge in [0.25, 0.3) is 5.91 Å². The number of carboxylic acids is 1. The topological polar surface area (TPSA) is 103 Å². The minimum Gasteiger partial charge on any atom is -0.502 e. The van der Waals surface area contributed by atoms with Crippen molar-refractivity contribution in [2.24, 2.45) is 0 Å². The van der Waals surface area contributed by atoms with Gasteiger partial charge in [0.1, 0.15) is 12.2 Å². The van der Waals surface area contributed by atoms with Crippen molar-refractivity contribution in [2.75, 3.05) is 11.7 Å². The van der Waals surface area contributed by atoms with Crippen LogP contribution in [0.2, 0.25) is 0 Å². The molecule has 8 heteroatoms. The standard InChI is InChI=1S/C26H27N3O5/c1-17(2)28-16-27(29-15-21(26(33)34)23(30)24(31)22(29)25(28)32)14-20-11-7-6-10-19(20)13-12-18-8-4-3-5-9-18/h3-11,15,17,31H,12-14,16H2,1-2H3,(H,33,34). The fourth-order valence-corrected chi connectivity index (χ4v) is 4.21. The molecule has 0 atom stereocenters. The van der Waals surface area contributed by atoms with E-state index >= 15 is 0 Å². The molecule has 0 saturated carbocycles. The Morgan fingerprint density at radius 1 is 0.971 bits per heavy atom. The van der Waals surface area contributed by atoms with Gasteiger partial charge in [-0.3, -0.25) is 19.3 Å². The van der Waals surface area contributed by atoms with Crippen molar-refractivity contribution in [3.63, 3.8) is 0 Å². The van der Waals surface area contributed by atoms with E-state index in [0.29, 0.717) is 6.54 Å². The zero-order valence-corrected chi connectivity index (χ0v) is 19.1. The van der Waals surface area contributed by atoms with Crippen LogP contribution in [-0.2, 0) is 19.4 Å². The number of carboxylic acid groups (broad SMARTS) is 1. The first-order valence-electron chi connectivity index (χ1n) is 11.2. The van der Waals surface area contributed by atoms with E-state index in [2.05, 4.69) is 18.2 Å². The number of rotatable bonds is 7. The maximum absolute atomic E-state index is 13.1. The third kappa shape index (κ3) is 4.39. The number of aromatic carboxylic acids is 1. The zero-order chi connectivity index (χ0) is 24.4. The van der Waals surface area contributed by atoms with Crippen molar-refractivity contribution in [2.45, 2.75) is 39.3 Å². The molecule has 3 aromatic rings. The number of aromatic hydroxyl groups is 1. The van der Waals surface area contributed by atoms with E-state index in [1.807, 2.05) is 50.2 Å². The van der Waals surface area contributed by atoms with Crippen molar-refractivity contribution in [1.29, 1.82) is 0 Å². The number of nitrogens with zero attached hydrogens (tertiary/aromatic N) is 3. The molecule has 4 rings (SSSR count). The van der Waals surface area contributed by atoms with Crippen LogP contribution < -0.4 is 10.4 Å². The molecular formula is C26H27N3O5. The number of hydrogen-bond acceptors (Lipinski definition) is 5. The molecule has 1 aromatic heterocycles. The smallest absolute Gasteiger partial charge is 0.341 e. The number of carbonyl (C=O) groups is 2. The molecule has 1 amide bonds. The highest BCUT2D eigenvalue weighted by Crippen LogP contribution is 2.25. The van der Waals surface area contributed by atoms with Gasteiger partial charge in [-0.15, -0.1) is 0 Å². The van der Waals surface area contributed by atoms with Crippen LogP contribution in [0.25, 0.3) is 0 Å². The maximum atomic E-state index is 13.1. The van der Waals surface area contributed by atoms with Crippen LogP contribution in [0.3, 0.4) is 0 Å². The van der Waals surface area contributed by atoms with E-state index in [4.69, 9.17) is 0 Å². The Morgan fingerprint density at radius 3 is 2.26 bits per heavy atom. The van der Waals surface area contributed by atoms with Gasteiger partial charge in [0.2, 0.25) is 5.43 Å². The van der Waals surface area contributed by atoms with Crippen molar-refractivity contribution >= 4 is 11.9 Å². The summed E-state index contributed by atoms with van der Waals surface area (Å²) in [6.07, 6.45) is 2.80. The second-order valence-electron chi connectivity index (χ2n) is 8.65. The lowest BCUT2D eigenvalue weighted by molar-refractivity contribution is 0.0618. The number of fused-ring (bicyclic) bond motifs is 1. The SMILES string of the molecule is CC(C)N1CN(Cc2ccccc2CCc2ccccc2)n2cc(C(=O)O)c(=O)c(O)c2C1=O. The summed E-state index contributed by atoms with van der Waals surface area (Å²) in [5.41, 5.74) is 1.49. The summed E-state index contributed by atoms with van der Waals surface area (Å²) in [6.45, 7) is 4.23. The highest BCUT2D eigenvalue weighted by molar-refractivity contribution is 5.98. The Hall–Kier alpha value is -4.07.